The van der Waals surface area contributed by atoms with Gasteiger partial charge in [-0.05, 0) is 0 Å². The summed E-state index contributed by atoms with van der Waals surface area (Å²) in [7, 11) is 0. The molecule has 0 radical (unpaired) electrons. The topological polar surface area (TPSA) is 105 Å². The van der Waals surface area contributed by atoms with Gasteiger partial charge in [-0.25, -0.2) is 38.7 Å². The molecule has 0 aromatic rings. The summed E-state index contributed by atoms with van der Waals surface area (Å²) in [6, 6.07) is 0. The Kier molecular flexibility index (Phi) is 4.68. The zero-order valence-corrected chi connectivity index (χ0v) is 7.27. The van der Waals surface area contributed by atoms with E-state index in [-0.39, 0.29) is 0 Å². The molecule has 0 heterocycles. The van der Waals surface area contributed by atoms with E-state index in [1.807, 2.05) is 0 Å². The molecule has 8 nitrogen and oxygen atoms in total. The molecule has 0 amide bonds. The van der Waals surface area contributed by atoms with Crippen molar-refractivity contribution in [3.8, 4) is 0 Å². The summed E-state index contributed by atoms with van der Waals surface area (Å²) in [5.41, 5.74) is 0. The first kappa shape index (κ1) is 11.9. The molecule has 0 saturated heterocycles. The van der Waals surface area contributed by atoms with Gasteiger partial charge in [0.25, 0.3) is 0 Å². The van der Waals surface area contributed by atoms with E-state index in [0.29, 0.717) is 0 Å². The average molecular weight is 206 g/mol. The Morgan fingerprint density at radius 1 is 0.643 bits per heavy atom. The SMILES string of the molecule is CC(=O)OOC(=O)C(=O)OOC(C)=O. The quantitative estimate of drug-likeness (QED) is 0.283. The van der Waals surface area contributed by atoms with Crippen LogP contribution in [0.3, 0.4) is 0 Å². The molecule has 14 heavy (non-hydrogen) atoms. The van der Waals surface area contributed by atoms with Gasteiger partial charge in [0.05, 0.1) is 0 Å². The van der Waals surface area contributed by atoms with Gasteiger partial charge in [0.15, 0.2) is 0 Å². The van der Waals surface area contributed by atoms with Crippen LogP contribution in [0, 0.1) is 0 Å². The van der Waals surface area contributed by atoms with Crippen LogP contribution in [0.4, 0.5) is 0 Å². The molecule has 0 saturated carbocycles. The highest BCUT2D eigenvalue weighted by Gasteiger charge is 2.22. The summed E-state index contributed by atoms with van der Waals surface area (Å²) in [6.07, 6.45) is 0. The van der Waals surface area contributed by atoms with E-state index >= 15 is 0 Å². The molecule has 0 bridgehead atoms. The number of rotatable bonds is 0. The molecule has 78 valence electrons. The highest BCUT2D eigenvalue weighted by molar-refractivity contribution is 6.29. The first-order valence-corrected chi connectivity index (χ1v) is 3.22. The predicted octanol–water partition coefficient (Wildman–Crippen LogP) is -0.971. The Balaban J connectivity index is 3.82. The highest BCUT2D eigenvalue weighted by atomic mass is 17.2. The van der Waals surface area contributed by atoms with E-state index < -0.39 is 23.9 Å². The van der Waals surface area contributed by atoms with Gasteiger partial charge in [-0.15, -0.1) is 0 Å². The third-order valence-corrected chi connectivity index (χ3v) is 0.636. The van der Waals surface area contributed by atoms with E-state index in [1.54, 1.807) is 0 Å². The van der Waals surface area contributed by atoms with Gasteiger partial charge >= 0.3 is 23.9 Å². The second-order valence-corrected chi connectivity index (χ2v) is 1.89. The zero-order chi connectivity index (χ0) is 11.1. The van der Waals surface area contributed by atoms with Crippen LogP contribution in [0.15, 0.2) is 0 Å². The van der Waals surface area contributed by atoms with Crippen LogP contribution in [-0.2, 0) is 38.7 Å². The molecular formula is C6H6O8. The second-order valence-electron chi connectivity index (χ2n) is 1.89. The van der Waals surface area contributed by atoms with Gasteiger partial charge in [0, 0.05) is 13.8 Å². The fourth-order valence-electron chi connectivity index (χ4n) is 0.261. The lowest BCUT2D eigenvalue weighted by atomic mass is 10.7. The summed E-state index contributed by atoms with van der Waals surface area (Å²) in [5.74, 6) is -5.11. The molecule has 0 rings (SSSR count). The maximum atomic E-state index is 10.5. The van der Waals surface area contributed by atoms with Crippen molar-refractivity contribution in [2.45, 2.75) is 13.8 Å². The molecular weight excluding hydrogens is 200 g/mol. The Labute approximate surface area is 77.5 Å². The van der Waals surface area contributed by atoms with E-state index in [1.165, 1.54) is 0 Å². The standard InChI is InChI=1S/C6H6O8/c1-3(7)11-13-5(9)6(10)14-12-4(2)8/h1-2H3. The van der Waals surface area contributed by atoms with Crippen LogP contribution in [0.5, 0.6) is 0 Å². The molecule has 0 aliphatic carbocycles. The first-order chi connectivity index (χ1) is 6.43. The van der Waals surface area contributed by atoms with Gasteiger partial charge in [0.2, 0.25) is 0 Å². The summed E-state index contributed by atoms with van der Waals surface area (Å²) >= 11 is 0. The summed E-state index contributed by atoms with van der Waals surface area (Å²) in [5, 5.41) is 0. The molecule has 0 spiro atoms. The Morgan fingerprint density at radius 2 is 0.929 bits per heavy atom. The number of carbonyl (C=O) groups excluding carboxylic acids is 4. The van der Waals surface area contributed by atoms with Crippen LogP contribution in [0.2, 0.25) is 0 Å². The maximum Gasteiger partial charge on any atom is 0.467 e. The average Bonchev–Trinajstić information content (AvgIpc) is 2.09. The molecule has 0 aromatic carbocycles. The van der Waals surface area contributed by atoms with Crippen LogP contribution in [0.1, 0.15) is 13.8 Å². The zero-order valence-electron chi connectivity index (χ0n) is 7.27. The van der Waals surface area contributed by atoms with Gasteiger partial charge in [-0.3, -0.25) is 0 Å². The molecule has 0 aromatic heterocycles. The Hall–Kier alpha value is -2.12. The van der Waals surface area contributed by atoms with Crippen LogP contribution >= 0.6 is 0 Å². The normalized spacial score (nSPS) is 8.43. The van der Waals surface area contributed by atoms with E-state index in [9.17, 15) is 19.2 Å². The minimum atomic E-state index is -1.62. The van der Waals surface area contributed by atoms with Crippen molar-refractivity contribution >= 4 is 23.9 Å². The number of carbonyl (C=O) groups is 4. The number of hydrogen-bond donors (Lipinski definition) is 0. The first-order valence-electron chi connectivity index (χ1n) is 3.22. The van der Waals surface area contributed by atoms with Crippen molar-refractivity contribution in [2.24, 2.45) is 0 Å². The van der Waals surface area contributed by atoms with E-state index in [0.717, 1.165) is 13.8 Å². The van der Waals surface area contributed by atoms with Gasteiger partial charge in [-0.1, -0.05) is 0 Å². The van der Waals surface area contributed by atoms with Crippen molar-refractivity contribution in [1.82, 2.24) is 0 Å². The largest absolute Gasteiger partial charge is 0.467 e. The highest BCUT2D eigenvalue weighted by Crippen LogP contribution is 1.88. The fraction of sp³-hybridized carbons (Fsp3) is 0.333. The molecule has 0 atom stereocenters. The molecule has 0 aliphatic rings. The summed E-state index contributed by atoms with van der Waals surface area (Å²) in [4.78, 5) is 55.9. The van der Waals surface area contributed by atoms with Gasteiger partial charge < -0.3 is 0 Å². The molecule has 0 unspecified atom stereocenters. The lowest BCUT2D eigenvalue weighted by molar-refractivity contribution is -0.277. The maximum absolute atomic E-state index is 10.5. The summed E-state index contributed by atoms with van der Waals surface area (Å²) < 4.78 is 0. The molecule has 0 fully saturated rings. The van der Waals surface area contributed by atoms with Crippen molar-refractivity contribution in [2.75, 3.05) is 0 Å². The van der Waals surface area contributed by atoms with E-state index in [4.69, 9.17) is 0 Å². The lowest BCUT2D eigenvalue weighted by Gasteiger charge is -1.99. The number of hydrogen-bond acceptors (Lipinski definition) is 8. The van der Waals surface area contributed by atoms with Crippen LogP contribution in [0.25, 0.3) is 0 Å². The molecule has 0 N–H and O–H groups in total. The van der Waals surface area contributed by atoms with Crippen molar-refractivity contribution in [1.29, 1.82) is 0 Å². The minimum absolute atomic E-state index is 0.932. The fourth-order valence-corrected chi connectivity index (χ4v) is 0.261. The van der Waals surface area contributed by atoms with Crippen molar-refractivity contribution in [3.63, 3.8) is 0 Å². The van der Waals surface area contributed by atoms with Gasteiger partial charge in [0.1, 0.15) is 0 Å². The predicted molar refractivity (Wildman–Crippen MR) is 35.7 cm³/mol. The summed E-state index contributed by atoms with van der Waals surface area (Å²) in [6.45, 7) is 1.90. The van der Waals surface area contributed by atoms with Crippen molar-refractivity contribution < 1.29 is 38.7 Å². The second kappa shape index (κ2) is 5.51. The van der Waals surface area contributed by atoms with E-state index in [2.05, 4.69) is 19.6 Å². The third-order valence-electron chi connectivity index (χ3n) is 0.636. The minimum Gasteiger partial charge on any atom is -0.248 e. The van der Waals surface area contributed by atoms with Gasteiger partial charge in [-0.2, -0.15) is 0 Å². The van der Waals surface area contributed by atoms with Crippen molar-refractivity contribution in [3.05, 3.63) is 0 Å². The van der Waals surface area contributed by atoms with Crippen LogP contribution < -0.4 is 0 Å². The Bertz CT molecular complexity index is 239. The molecule has 0 aliphatic heterocycles. The molecule has 8 heteroatoms. The lowest BCUT2D eigenvalue weighted by Crippen LogP contribution is -2.22. The third kappa shape index (κ3) is 5.52. The monoisotopic (exact) mass is 206 g/mol. The Morgan fingerprint density at radius 3 is 1.14 bits per heavy atom. The van der Waals surface area contributed by atoms with Crippen LogP contribution in [-0.4, -0.2) is 23.9 Å². The smallest absolute Gasteiger partial charge is 0.248 e.